The summed E-state index contributed by atoms with van der Waals surface area (Å²) in [4.78, 5) is 12.7. The van der Waals surface area contributed by atoms with Crippen molar-refractivity contribution in [3.05, 3.63) is 69.7 Å². The van der Waals surface area contributed by atoms with Crippen LogP contribution in [-0.2, 0) is 12.8 Å². The molecule has 0 aliphatic heterocycles. The van der Waals surface area contributed by atoms with Crippen molar-refractivity contribution in [2.75, 3.05) is 0 Å². The van der Waals surface area contributed by atoms with Crippen molar-refractivity contribution in [3.63, 3.8) is 0 Å². The van der Waals surface area contributed by atoms with Gasteiger partial charge in [-0.3, -0.25) is 4.79 Å². The summed E-state index contributed by atoms with van der Waals surface area (Å²) in [7, 11) is -1.43. The zero-order valence-electron chi connectivity index (χ0n) is 14.3. The molecule has 0 amide bonds. The van der Waals surface area contributed by atoms with Gasteiger partial charge in [0.1, 0.15) is 8.07 Å². The lowest BCUT2D eigenvalue weighted by atomic mass is 9.93. The molecule has 24 heavy (non-hydrogen) atoms. The van der Waals surface area contributed by atoms with E-state index in [2.05, 4.69) is 43.2 Å². The van der Waals surface area contributed by atoms with Crippen LogP contribution in [-0.4, -0.2) is 13.9 Å². The first-order valence-corrected chi connectivity index (χ1v) is 12.2. The maximum Gasteiger partial charge on any atom is 0.166 e. The smallest absolute Gasteiger partial charge is 0.166 e. The second-order valence-electron chi connectivity index (χ2n) is 7.39. The predicted molar refractivity (Wildman–Crippen MR) is 103 cm³/mol. The van der Waals surface area contributed by atoms with Crippen LogP contribution < -0.4 is 0 Å². The van der Waals surface area contributed by atoms with E-state index in [-0.39, 0.29) is 11.7 Å². The topological polar surface area (TPSA) is 17.1 Å². The summed E-state index contributed by atoms with van der Waals surface area (Å²) in [5.74, 6) is 3.53. The van der Waals surface area contributed by atoms with Crippen molar-refractivity contribution < 1.29 is 4.79 Å². The molecule has 1 aliphatic carbocycles. The number of hydrogen-bond donors (Lipinski definition) is 0. The van der Waals surface area contributed by atoms with Crippen molar-refractivity contribution in [1.29, 1.82) is 0 Å². The first-order chi connectivity index (χ1) is 11.3. The fraction of sp³-hybridized carbons (Fsp3) is 0.286. The number of carbonyl (C=O) groups excluding carboxylic acids is 1. The highest BCUT2D eigenvalue weighted by molar-refractivity contribution is 6.83. The van der Waals surface area contributed by atoms with Crippen molar-refractivity contribution >= 4 is 25.5 Å². The molecule has 2 aromatic rings. The van der Waals surface area contributed by atoms with Crippen LogP contribution in [0.5, 0.6) is 0 Å². The highest BCUT2D eigenvalue weighted by atomic mass is 35.5. The minimum absolute atomic E-state index is 0.0327. The van der Waals surface area contributed by atoms with E-state index in [4.69, 9.17) is 11.6 Å². The fourth-order valence-corrected chi connectivity index (χ4v) is 3.82. The molecule has 0 aromatic heterocycles. The summed E-state index contributed by atoms with van der Waals surface area (Å²) in [5.41, 5.74) is 7.42. The van der Waals surface area contributed by atoms with Gasteiger partial charge in [0.2, 0.25) is 0 Å². The number of fused-ring (bicyclic) bond motifs is 1. The van der Waals surface area contributed by atoms with E-state index in [1.807, 2.05) is 30.3 Å². The van der Waals surface area contributed by atoms with E-state index in [1.165, 1.54) is 0 Å². The van der Waals surface area contributed by atoms with E-state index in [9.17, 15) is 4.79 Å². The Hall–Kier alpha value is -1.82. The van der Waals surface area contributed by atoms with E-state index in [1.54, 1.807) is 0 Å². The largest absolute Gasteiger partial charge is 0.294 e. The van der Waals surface area contributed by atoms with Crippen LogP contribution in [0.25, 0.3) is 0 Å². The van der Waals surface area contributed by atoms with Crippen LogP contribution in [0.2, 0.25) is 24.7 Å². The van der Waals surface area contributed by atoms with E-state index < -0.39 is 8.07 Å². The normalized spacial score (nSPS) is 16.5. The molecule has 1 nitrogen and oxygen atoms in total. The molecule has 1 atom stereocenters. The molecule has 0 N–H and O–H groups in total. The molecule has 1 unspecified atom stereocenters. The van der Waals surface area contributed by atoms with Gasteiger partial charge in [-0.1, -0.05) is 67.5 Å². The third-order valence-corrected chi connectivity index (χ3v) is 5.49. The summed E-state index contributed by atoms with van der Waals surface area (Å²) < 4.78 is 0. The van der Waals surface area contributed by atoms with Crippen LogP contribution in [0.1, 0.15) is 27.0 Å². The summed E-state index contributed by atoms with van der Waals surface area (Å²) in [6, 6.07) is 13.8. The van der Waals surface area contributed by atoms with E-state index in [0.29, 0.717) is 5.02 Å². The molecule has 0 fully saturated rings. The molecular formula is C21H21ClOSi. The molecule has 0 saturated heterocycles. The third kappa shape index (κ3) is 3.64. The van der Waals surface area contributed by atoms with Gasteiger partial charge in [-0.05, 0) is 36.1 Å². The van der Waals surface area contributed by atoms with Gasteiger partial charge in [-0.25, -0.2) is 0 Å². The standard InChI is InChI=1S/C21H21ClOSi/c1-24(2,3)12-11-15-7-4-5-8-16(15)13-17-14-19-18(21(17)23)9-6-10-20(19)22/h4-10,17H,13-14H2,1-3H3. The lowest BCUT2D eigenvalue weighted by Gasteiger charge is -2.11. The molecule has 0 radical (unpaired) electrons. The minimum Gasteiger partial charge on any atom is -0.294 e. The molecule has 3 heteroatoms. The molecule has 0 spiro atoms. The third-order valence-electron chi connectivity index (χ3n) is 4.26. The average molecular weight is 353 g/mol. The number of carbonyl (C=O) groups is 1. The first-order valence-electron chi connectivity index (χ1n) is 8.28. The Labute approximate surface area is 150 Å². The SMILES string of the molecule is C[Si](C)(C)C#Cc1ccccc1CC1Cc2c(Cl)cccc2C1=O. The minimum atomic E-state index is -1.43. The molecular weight excluding hydrogens is 332 g/mol. The van der Waals surface area contributed by atoms with Gasteiger partial charge in [-0.2, -0.15) is 0 Å². The Balaban J connectivity index is 1.87. The van der Waals surface area contributed by atoms with Gasteiger partial charge in [0, 0.05) is 22.1 Å². The molecule has 1 aliphatic rings. The van der Waals surface area contributed by atoms with Crippen LogP contribution in [0.4, 0.5) is 0 Å². The van der Waals surface area contributed by atoms with Crippen molar-refractivity contribution in [2.24, 2.45) is 5.92 Å². The second-order valence-corrected chi connectivity index (χ2v) is 12.5. The molecule has 0 heterocycles. The van der Waals surface area contributed by atoms with Crippen LogP contribution in [0, 0.1) is 17.4 Å². The summed E-state index contributed by atoms with van der Waals surface area (Å²) in [5, 5.41) is 0.704. The molecule has 0 saturated carbocycles. The Kier molecular flexibility index (Phi) is 4.67. The van der Waals surface area contributed by atoms with Crippen LogP contribution in [0.3, 0.4) is 0 Å². The summed E-state index contributed by atoms with van der Waals surface area (Å²) in [6.07, 6.45) is 1.45. The van der Waals surface area contributed by atoms with Crippen LogP contribution >= 0.6 is 11.6 Å². The van der Waals surface area contributed by atoms with Gasteiger partial charge in [0.25, 0.3) is 0 Å². The zero-order valence-corrected chi connectivity index (χ0v) is 16.1. The van der Waals surface area contributed by atoms with Gasteiger partial charge in [-0.15, -0.1) is 5.54 Å². The number of ketones is 1. The fourth-order valence-electron chi connectivity index (χ4n) is 3.06. The summed E-state index contributed by atoms with van der Waals surface area (Å²) >= 11 is 6.26. The first kappa shape index (κ1) is 17.0. The molecule has 3 rings (SSSR count). The van der Waals surface area contributed by atoms with E-state index in [0.717, 1.165) is 35.1 Å². The summed E-state index contributed by atoms with van der Waals surface area (Å²) in [6.45, 7) is 6.71. The van der Waals surface area contributed by atoms with Gasteiger partial charge in [0.15, 0.2) is 5.78 Å². The van der Waals surface area contributed by atoms with Crippen molar-refractivity contribution in [1.82, 2.24) is 0 Å². The monoisotopic (exact) mass is 352 g/mol. The number of halogens is 1. The van der Waals surface area contributed by atoms with Crippen LogP contribution in [0.15, 0.2) is 42.5 Å². The maximum absolute atomic E-state index is 12.7. The zero-order chi connectivity index (χ0) is 17.3. The number of Topliss-reactive ketones (excluding diaryl/α,β-unsaturated/α-hetero) is 1. The van der Waals surface area contributed by atoms with Gasteiger partial charge >= 0.3 is 0 Å². The quantitative estimate of drug-likeness (QED) is 0.538. The highest BCUT2D eigenvalue weighted by Crippen LogP contribution is 2.34. The second kappa shape index (κ2) is 6.59. The highest BCUT2D eigenvalue weighted by Gasteiger charge is 2.32. The lowest BCUT2D eigenvalue weighted by molar-refractivity contribution is 0.0936. The number of benzene rings is 2. The maximum atomic E-state index is 12.7. The van der Waals surface area contributed by atoms with Crippen molar-refractivity contribution in [2.45, 2.75) is 32.5 Å². The number of hydrogen-bond acceptors (Lipinski definition) is 1. The molecule has 122 valence electrons. The predicted octanol–water partition coefficient (Wildman–Crippen LogP) is 5.17. The molecule has 2 aromatic carbocycles. The Morgan fingerprint density at radius 2 is 1.88 bits per heavy atom. The van der Waals surface area contributed by atoms with E-state index >= 15 is 0 Å². The number of rotatable bonds is 2. The van der Waals surface area contributed by atoms with Gasteiger partial charge in [0.05, 0.1) is 0 Å². The van der Waals surface area contributed by atoms with Gasteiger partial charge < -0.3 is 0 Å². The Bertz CT molecular complexity index is 852. The van der Waals surface area contributed by atoms with Crippen molar-refractivity contribution in [3.8, 4) is 11.5 Å². The average Bonchev–Trinajstić information content (AvgIpc) is 2.84. The lowest BCUT2D eigenvalue weighted by Crippen LogP contribution is -2.16. The Morgan fingerprint density at radius 3 is 2.58 bits per heavy atom. The molecule has 0 bridgehead atoms. The Morgan fingerprint density at radius 1 is 1.12 bits per heavy atom.